The number of likely N-dealkylation sites (N-methyl/N-ethyl adjacent to an activating group) is 1. The van der Waals surface area contributed by atoms with E-state index in [9.17, 15) is 4.79 Å². The van der Waals surface area contributed by atoms with E-state index in [0.29, 0.717) is 12.3 Å². The van der Waals surface area contributed by atoms with Gasteiger partial charge in [0.15, 0.2) is 5.76 Å². The summed E-state index contributed by atoms with van der Waals surface area (Å²) in [6, 6.07) is 11.7. The maximum Gasteiger partial charge on any atom is 0.287 e. The summed E-state index contributed by atoms with van der Waals surface area (Å²) >= 11 is 0. The second-order valence-electron chi connectivity index (χ2n) is 7.05. The topological polar surface area (TPSA) is 61.6 Å². The highest BCUT2D eigenvalue weighted by Crippen LogP contribution is 2.24. The van der Waals surface area contributed by atoms with Crippen molar-refractivity contribution >= 4 is 22.7 Å². The molecule has 0 bridgehead atoms. The van der Waals surface area contributed by atoms with E-state index in [2.05, 4.69) is 27.1 Å². The van der Waals surface area contributed by atoms with Gasteiger partial charge in [-0.3, -0.25) is 4.79 Å². The number of carbonyl (C=O) groups excluding carboxylic acids is 1. The third kappa shape index (κ3) is 3.66. The maximum absolute atomic E-state index is 12.5. The predicted molar refractivity (Wildman–Crippen MR) is 106 cm³/mol. The predicted octanol–water partition coefficient (Wildman–Crippen LogP) is 2.82. The molecule has 3 aromatic rings. The third-order valence-electron chi connectivity index (χ3n) is 5.14. The number of hydrogen-bond acceptors (Lipinski definition) is 5. The number of fused-ring (bicyclic) bond motifs is 1. The zero-order valence-electron chi connectivity index (χ0n) is 15.7. The second-order valence-corrected chi connectivity index (χ2v) is 7.05. The molecule has 140 valence electrons. The number of aryl methyl sites for hydroxylation is 1. The summed E-state index contributed by atoms with van der Waals surface area (Å²) in [7, 11) is 2.14. The standard InChI is InChI=1S/C21H24N4O2/c1-15-17-5-3-4-6-18(17)27-20(15)21(26)23-14-16-7-8-19(22-13-16)25-11-9-24(2)10-12-25/h3-8,13H,9-12,14H2,1-2H3,(H,23,26). The van der Waals surface area contributed by atoms with Crippen LogP contribution in [0.4, 0.5) is 5.82 Å². The molecule has 3 heterocycles. The van der Waals surface area contributed by atoms with Crippen LogP contribution in [0.25, 0.3) is 11.0 Å². The fraction of sp³-hybridized carbons (Fsp3) is 0.333. The number of rotatable bonds is 4. The number of pyridine rings is 1. The van der Waals surface area contributed by atoms with Gasteiger partial charge in [-0.05, 0) is 31.7 Å². The van der Waals surface area contributed by atoms with E-state index < -0.39 is 0 Å². The second kappa shape index (κ2) is 7.40. The molecule has 1 aliphatic rings. The van der Waals surface area contributed by atoms with Gasteiger partial charge in [0, 0.05) is 49.9 Å². The Kier molecular flexibility index (Phi) is 4.81. The summed E-state index contributed by atoms with van der Waals surface area (Å²) in [5.41, 5.74) is 2.57. The smallest absolute Gasteiger partial charge is 0.287 e. The third-order valence-corrected chi connectivity index (χ3v) is 5.14. The SMILES string of the molecule is Cc1c(C(=O)NCc2ccc(N3CCN(C)CC3)nc2)oc2ccccc12. The Hall–Kier alpha value is -2.86. The molecule has 1 aromatic carbocycles. The van der Waals surface area contributed by atoms with Crippen LogP contribution >= 0.6 is 0 Å². The van der Waals surface area contributed by atoms with Crippen molar-refractivity contribution in [2.45, 2.75) is 13.5 Å². The van der Waals surface area contributed by atoms with Crippen molar-refractivity contribution < 1.29 is 9.21 Å². The molecule has 0 saturated carbocycles. The monoisotopic (exact) mass is 364 g/mol. The lowest BCUT2D eigenvalue weighted by Gasteiger charge is -2.33. The van der Waals surface area contributed by atoms with Crippen molar-refractivity contribution in [3.63, 3.8) is 0 Å². The summed E-state index contributed by atoms with van der Waals surface area (Å²) in [6.45, 7) is 6.42. The molecule has 1 N–H and O–H groups in total. The van der Waals surface area contributed by atoms with Crippen molar-refractivity contribution in [1.29, 1.82) is 0 Å². The average molecular weight is 364 g/mol. The molecule has 1 fully saturated rings. The van der Waals surface area contributed by atoms with E-state index in [4.69, 9.17) is 4.42 Å². The summed E-state index contributed by atoms with van der Waals surface area (Å²) in [5.74, 6) is 1.16. The number of furan rings is 1. The lowest BCUT2D eigenvalue weighted by Crippen LogP contribution is -2.44. The van der Waals surface area contributed by atoms with E-state index in [0.717, 1.165) is 54.1 Å². The highest BCUT2D eigenvalue weighted by atomic mass is 16.3. The number of para-hydroxylation sites is 1. The van der Waals surface area contributed by atoms with E-state index in [1.54, 1.807) is 0 Å². The molecule has 6 nitrogen and oxygen atoms in total. The zero-order chi connectivity index (χ0) is 18.8. The highest BCUT2D eigenvalue weighted by Gasteiger charge is 2.18. The average Bonchev–Trinajstić information content (AvgIpc) is 3.04. The van der Waals surface area contributed by atoms with Crippen LogP contribution in [0.5, 0.6) is 0 Å². The Labute approximate surface area is 158 Å². The van der Waals surface area contributed by atoms with Crippen LogP contribution in [-0.4, -0.2) is 49.0 Å². The Bertz CT molecular complexity index is 940. The summed E-state index contributed by atoms with van der Waals surface area (Å²) in [6.07, 6.45) is 1.83. The number of carbonyl (C=O) groups is 1. The van der Waals surface area contributed by atoms with Crippen LogP contribution in [0.3, 0.4) is 0 Å². The van der Waals surface area contributed by atoms with E-state index in [1.165, 1.54) is 0 Å². The molecule has 27 heavy (non-hydrogen) atoms. The lowest BCUT2D eigenvalue weighted by atomic mass is 10.1. The molecule has 6 heteroatoms. The Balaban J connectivity index is 1.39. The number of amides is 1. The van der Waals surface area contributed by atoms with Gasteiger partial charge in [0.2, 0.25) is 0 Å². The number of benzene rings is 1. The number of hydrogen-bond donors (Lipinski definition) is 1. The quantitative estimate of drug-likeness (QED) is 0.771. The first kappa shape index (κ1) is 17.5. The van der Waals surface area contributed by atoms with Crippen molar-refractivity contribution in [3.8, 4) is 0 Å². The minimum atomic E-state index is -0.202. The zero-order valence-corrected chi connectivity index (χ0v) is 15.7. The van der Waals surface area contributed by atoms with Gasteiger partial charge in [-0.2, -0.15) is 0 Å². The molecule has 1 aliphatic heterocycles. The molecule has 0 spiro atoms. The fourth-order valence-corrected chi connectivity index (χ4v) is 3.40. The Morgan fingerprint density at radius 1 is 1.15 bits per heavy atom. The van der Waals surface area contributed by atoms with Crippen LogP contribution < -0.4 is 10.2 Å². The van der Waals surface area contributed by atoms with Crippen molar-refractivity contribution in [3.05, 3.63) is 59.5 Å². The van der Waals surface area contributed by atoms with Gasteiger partial charge in [-0.15, -0.1) is 0 Å². The van der Waals surface area contributed by atoms with Crippen LogP contribution in [0.15, 0.2) is 47.0 Å². The van der Waals surface area contributed by atoms with Gasteiger partial charge >= 0.3 is 0 Å². The van der Waals surface area contributed by atoms with E-state index in [1.807, 2.05) is 49.5 Å². The molecule has 0 radical (unpaired) electrons. The normalized spacial score (nSPS) is 15.3. The first-order valence-corrected chi connectivity index (χ1v) is 9.26. The first-order valence-electron chi connectivity index (χ1n) is 9.26. The summed E-state index contributed by atoms with van der Waals surface area (Å²) < 4.78 is 5.72. The Morgan fingerprint density at radius 2 is 1.93 bits per heavy atom. The molecule has 4 rings (SSSR count). The first-order chi connectivity index (χ1) is 13.1. The van der Waals surface area contributed by atoms with E-state index >= 15 is 0 Å². The summed E-state index contributed by atoms with van der Waals surface area (Å²) in [4.78, 5) is 21.7. The van der Waals surface area contributed by atoms with Gasteiger partial charge in [0.25, 0.3) is 5.91 Å². The lowest BCUT2D eigenvalue weighted by molar-refractivity contribution is 0.0924. The molecular weight excluding hydrogens is 340 g/mol. The van der Waals surface area contributed by atoms with Crippen molar-refractivity contribution in [1.82, 2.24) is 15.2 Å². The minimum absolute atomic E-state index is 0.202. The molecule has 0 atom stereocenters. The molecule has 2 aromatic heterocycles. The fourth-order valence-electron chi connectivity index (χ4n) is 3.40. The van der Waals surface area contributed by atoms with Gasteiger partial charge < -0.3 is 19.5 Å². The molecule has 1 saturated heterocycles. The van der Waals surface area contributed by atoms with Gasteiger partial charge in [-0.1, -0.05) is 24.3 Å². The van der Waals surface area contributed by atoms with Crippen molar-refractivity contribution in [2.24, 2.45) is 0 Å². The molecule has 0 unspecified atom stereocenters. The van der Waals surface area contributed by atoms with Gasteiger partial charge in [-0.25, -0.2) is 4.98 Å². The van der Waals surface area contributed by atoms with Crippen LogP contribution in [0, 0.1) is 6.92 Å². The molecular formula is C21H24N4O2. The van der Waals surface area contributed by atoms with Crippen molar-refractivity contribution in [2.75, 3.05) is 38.1 Å². The minimum Gasteiger partial charge on any atom is -0.451 e. The maximum atomic E-state index is 12.5. The van der Waals surface area contributed by atoms with Crippen LogP contribution in [0.2, 0.25) is 0 Å². The molecule has 0 aliphatic carbocycles. The number of aromatic nitrogens is 1. The number of nitrogens with one attached hydrogen (secondary N) is 1. The Morgan fingerprint density at radius 3 is 2.63 bits per heavy atom. The number of nitrogens with zero attached hydrogens (tertiary/aromatic N) is 3. The largest absolute Gasteiger partial charge is 0.451 e. The van der Waals surface area contributed by atoms with Crippen LogP contribution in [0.1, 0.15) is 21.7 Å². The molecule has 1 amide bonds. The van der Waals surface area contributed by atoms with Gasteiger partial charge in [0.05, 0.1) is 0 Å². The summed E-state index contributed by atoms with van der Waals surface area (Å²) in [5, 5.41) is 3.90. The van der Waals surface area contributed by atoms with Gasteiger partial charge in [0.1, 0.15) is 11.4 Å². The van der Waals surface area contributed by atoms with E-state index in [-0.39, 0.29) is 5.91 Å². The highest BCUT2D eigenvalue weighted by molar-refractivity contribution is 5.98. The number of anilines is 1. The van der Waals surface area contributed by atoms with Crippen LogP contribution in [-0.2, 0) is 6.54 Å². The number of piperazine rings is 1.